The van der Waals surface area contributed by atoms with Crippen LogP contribution in [0.1, 0.15) is 49.4 Å². The number of aliphatic hydroxyl groups excluding tert-OH is 1. The van der Waals surface area contributed by atoms with Crippen molar-refractivity contribution in [1.82, 2.24) is 0 Å². The minimum absolute atomic E-state index is 0.0219. The molecule has 4 aromatic carbocycles. The highest BCUT2D eigenvalue weighted by Gasteiger charge is 2.47. The summed E-state index contributed by atoms with van der Waals surface area (Å²) in [6.07, 6.45) is 0. The van der Waals surface area contributed by atoms with Gasteiger partial charge in [0.2, 0.25) is 0 Å². The van der Waals surface area contributed by atoms with E-state index in [2.05, 4.69) is 13.8 Å². The van der Waals surface area contributed by atoms with Crippen molar-refractivity contribution >= 4 is 33.9 Å². The summed E-state index contributed by atoms with van der Waals surface area (Å²) in [5.74, 6) is -1.29. The van der Waals surface area contributed by atoms with Gasteiger partial charge in [0.15, 0.2) is 11.5 Å². The molecule has 0 spiro atoms. The Labute approximate surface area is 221 Å². The molecule has 0 radical (unpaired) electrons. The molecule has 2 N–H and O–H groups in total. The molecular weight excluding hydrogens is 478 g/mol. The zero-order valence-corrected chi connectivity index (χ0v) is 21.5. The van der Waals surface area contributed by atoms with Crippen LogP contribution in [0.3, 0.4) is 0 Å². The van der Waals surface area contributed by atoms with E-state index >= 15 is 0 Å². The molecule has 0 saturated carbocycles. The normalized spacial score (nSPS) is 16.9. The van der Waals surface area contributed by atoms with Crippen molar-refractivity contribution in [2.24, 2.45) is 0 Å². The second kappa shape index (κ2) is 10.1. The number of hydrogen-bond donors (Lipinski definition) is 2. The van der Waals surface area contributed by atoms with E-state index in [0.717, 1.165) is 16.3 Å². The molecular formula is C32H29NO5. The number of benzene rings is 4. The van der Waals surface area contributed by atoms with Crippen molar-refractivity contribution in [1.29, 1.82) is 0 Å². The number of carbonyl (C=O) groups excluding carboxylic acids is 2. The van der Waals surface area contributed by atoms with Crippen LogP contribution in [0.25, 0.3) is 16.5 Å². The van der Waals surface area contributed by atoms with Gasteiger partial charge in [0.25, 0.3) is 11.7 Å². The first-order valence-corrected chi connectivity index (χ1v) is 12.7. The lowest BCUT2D eigenvalue weighted by Crippen LogP contribution is -2.29. The van der Waals surface area contributed by atoms with Crippen molar-refractivity contribution in [2.75, 3.05) is 11.5 Å². The summed E-state index contributed by atoms with van der Waals surface area (Å²) in [6, 6.07) is 24.4. The van der Waals surface area contributed by atoms with Crippen LogP contribution in [-0.2, 0) is 9.59 Å². The molecule has 1 aliphatic heterocycles. The van der Waals surface area contributed by atoms with E-state index < -0.39 is 17.7 Å². The number of aromatic hydroxyl groups is 1. The molecule has 6 nitrogen and oxygen atoms in total. The number of aliphatic hydroxyl groups is 1. The quantitative estimate of drug-likeness (QED) is 0.172. The van der Waals surface area contributed by atoms with Crippen molar-refractivity contribution in [3.63, 3.8) is 0 Å². The number of amides is 1. The number of ketones is 1. The third kappa shape index (κ3) is 4.39. The summed E-state index contributed by atoms with van der Waals surface area (Å²) in [5, 5.41) is 23.7. The maximum atomic E-state index is 13.5. The van der Waals surface area contributed by atoms with Gasteiger partial charge in [-0.05, 0) is 65.1 Å². The van der Waals surface area contributed by atoms with Crippen LogP contribution >= 0.6 is 0 Å². The first kappa shape index (κ1) is 25.1. The van der Waals surface area contributed by atoms with Crippen molar-refractivity contribution in [3.05, 3.63) is 107 Å². The van der Waals surface area contributed by atoms with Gasteiger partial charge in [-0.25, -0.2) is 0 Å². The number of anilines is 1. The number of Topliss-reactive ketones (excluding diaryl/α,β-unsaturated/α-hetero) is 1. The van der Waals surface area contributed by atoms with E-state index in [4.69, 9.17) is 4.74 Å². The van der Waals surface area contributed by atoms with Gasteiger partial charge >= 0.3 is 0 Å². The van der Waals surface area contributed by atoms with Gasteiger partial charge in [-0.15, -0.1) is 0 Å². The van der Waals surface area contributed by atoms with E-state index in [0.29, 0.717) is 29.3 Å². The lowest BCUT2D eigenvalue weighted by Gasteiger charge is -2.26. The Morgan fingerprint density at radius 3 is 2.32 bits per heavy atom. The number of nitrogens with zero attached hydrogens (tertiary/aromatic N) is 1. The predicted molar refractivity (Wildman–Crippen MR) is 149 cm³/mol. The molecule has 1 amide bonds. The molecule has 1 fully saturated rings. The van der Waals surface area contributed by atoms with Crippen LogP contribution in [0, 0.1) is 0 Å². The van der Waals surface area contributed by atoms with Crippen LogP contribution in [0.4, 0.5) is 5.69 Å². The topological polar surface area (TPSA) is 87.1 Å². The number of rotatable bonds is 6. The summed E-state index contributed by atoms with van der Waals surface area (Å²) in [6.45, 7) is 6.28. The monoisotopic (exact) mass is 507 g/mol. The number of hydrogen-bond acceptors (Lipinski definition) is 5. The molecule has 1 atom stereocenters. The van der Waals surface area contributed by atoms with Gasteiger partial charge in [-0.3, -0.25) is 14.5 Å². The van der Waals surface area contributed by atoms with Gasteiger partial charge in [-0.1, -0.05) is 68.4 Å². The fourth-order valence-corrected chi connectivity index (χ4v) is 4.90. The van der Waals surface area contributed by atoms with Crippen LogP contribution in [0.2, 0.25) is 0 Å². The van der Waals surface area contributed by atoms with Gasteiger partial charge in [-0.2, -0.15) is 0 Å². The molecule has 0 aromatic heterocycles. The highest BCUT2D eigenvalue weighted by atomic mass is 16.5. The fraction of sp³-hybridized carbons (Fsp3) is 0.188. The lowest BCUT2D eigenvalue weighted by atomic mass is 9.94. The molecule has 0 aliphatic carbocycles. The first-order chi connectivity index (χ1) is 18.3. The Morgan fingerprint density at radius 1 is 0.921 bits per heavy atom. The van der Waals surface area contributed by atoms with E-state index in [1.165, 1.54) is 11.0 Å². The van der Waals surface area contributed by atoms with Crippen molar-refractivity contribution < 1.29 is 24.5 Å². The van der Waals surface area contributed by atoms with E-state index in [1.807, 2.05) is 54.6 Å². The maximum absolute atomic E-state index is 13.5. The molecule has 4 aromatic rings. The number of ether oxygens (including phenoxy) is 1. The standard InChI is InChI=1S/C32H29NO5/c1-4-38-27-18-23(13-16-26(27)34)29-28(30(35)24-10-9-21-7-5-6-8-22(21)17-24)31(36)32(37)33(29)25-14-11-20(12-15-25)19(2)3/h5-19,29,34-35H,4H2,1-3H3/b30-28+. The Kier molecular flexibility index (Phi) is 6.64. The molecule has 5 rings (SSSR count). The summed E-state index contributed by atoms with van der Waals surface area (Å²) in [7, 11) is 0. The third-order valence-corrected chi connectivity index (χ3v) is 6.90. The highest BCUT2D eigenvalue weighted by Crippen LogP contribution is 2.44. The highest BCUT2D eigenvalue weighted by molar-refractivity contribution is 6.51. The Bertz CT molecular complexity index is 1570. The Morgan fingerprint density at radius 2 is 1.63 bits per heavy atom. The minimum Gasteiger partial charge on any atom is -0.507 e. The van der Waals surface area contributed by atoms with Crippen LogP contribution < -0.4 is 9.64 Å². The second-order valence-electron chi connectivity index (χ2n) is 9.64. The number of phenolic OH excluding ortho intramolecular Hbond substituents is 1. The van der Waals surface area contributed by atoms with Crippen LogP contribution in [-0.4, -0.2) is 28.5 Å². The largest absolute Gasteiger partial charge is 0.507 e. The predicted octanol–water partition coefficient (Wildman–Crippen LogP) is 6.69. The molecule has 1 saturated heterocycles. The third-order valence-electron chi connectivity index (χ3n) is 6.90. The van der Waals surface area contributed by atoms with Crippen LogP contribution in [0.15, 0.2) is 90.5 Å². The molecule has 192 valence electrons. The van der Waals surface area contributed by atoms with E-state index in [9.17, 15) is 19.8 Å². The zero-order valence-electron chi connectivity index (χ0n) is 21.5. The summed E-state index contributed by atoms with van der Waals surface area (Å²) < 4.78 is 5.59. The fourth-order valence-electron chi connectivity index (χ4n) is 4.90. The van der Waals surface area contributed by atoms with Gasteiger partial charge < -0.3 is 14.9 Å². The minimum atomic E-state index is -0.925. The number of phenols is 1. The number of carbonyl (C=O) groups is 2. The smallest absolute Gasteiger partial charge is 0.300 e. The van der Waals surface area contributed by atoms with E-state index in [-0.39, 0.29) is 22.8 Å². The lowest BCUT2D eigenvalue weighted by molar-refractivity contribution is -0.132. The second-order valence-corrected chi connectivity index (χ2v) is 9.64. The van der Waals surface area contributed by atoms with Gasteiger partial charge in [0, 0.05) is 11.3 Å². The summed E-state index contributed by atoms with van der Waals surface area (Å²) in [4.78, 5) is 28.4. The molecule has 6 heteroatoms. The Balaban J connectivity index is 1.71. The molecule has 0 bridgehead atoms. The summed E-state index contributed by atoms with van der Waals surface area (Å²) >= 11 is 0. The first-order valence-electron chi connectivity index (χ1n) is 12.7. The SMILES string of the molecule is CCOc1cc(C2/C(=C(\O)c3ccc4ccccc4c3)C(=O)C(=O)N2c2ccc(C(C)C)cc2)ccc1O. The Hall–Kier alpha value is -4.58. The summed E-state index contributed by atoms with van der Waals surface area (Å²) in [5.41, 5.74) is 2.57. The molecule has 38 heavy (non-hydrogen) atoms. The molecule has 1 unspecified atom stereocenters. The number of fused-ring (bicyclic) bond motifs is 1. The molecule has 1 aliphatic rings. The average molecular weight is 508 g/mol. The van der Waals surface area contributed by atoms with E-state index in [1.54, 1.807) is 31.2 Å². The molecule has 1 heterocycles. The van der Waals surface area contributed by atoms with Crippen molar-refractivity contribution in [2.45, 2.75) is 32.7 Å². The van der Waals surface area contributed by atoms with Crippen LogP contribution in [0.5, 0.6) is 11.5 Å². The van der Waals surface area contributed by atoms with Gasteiger partial charge in [0.05, 0.1) is 18.2 Å². The zero-order chi connectivity index (χ0) is 27.0. The van der Waals surface area contributed by atoms with Gasteiger partial charge in [0.1, 0.15) is 5.76 Å². The average Bonchev–Trinajstić information content (AvgIpc) is 3.19. The maximum Gasteiger partial charge on any atom is 0.300 e. The van der Waals surface area contributed by atoms with Crippen molar-refractivity contribution in [3.8, 4) is 11.5 Å².